The van der Waals surface area contributed by atoms with E-state index in [0.29, 0.717) is 0 Å². The fourth-order valence-electron chi connectivity index (χ4n) is 3.52. The van der Waals surface area contributed by atoms with Crippen LogP contribution in [0.25, 0.3) is 0 Å². The standard InChI is InChI=1S/C11H22N.BrH/c1-9(2)12(3)10-5-4-6-11(12)8-7-10;/h9-11H,4-8H2,1-3H3;1H/q+1;/p-1. The van der Waals surface area contributed by atoms with Gasteiger partial charge < -0.3 is 21.5 Å². The van der Waals surface area contributed by atoms with E-state index < -0.39 is 0 Å². The van der Waals surface area contributed by atoms with Crippen LogP contribution in [0.1, 0.15) is 46.0 Å². The van der Waals surface area contributed by atoms with Crippen LogP contribution < -0.4 is 17.0 Å². The zero-order valence-electron chi connectivity index (χ0n) is 9.09. The lowest BCUT2D eigenvalue weighted by Crippen LogP contribution is -3.00. The molecule has 0 aromatic heterocycles. The summed E-state index contributed by atoms with van der Waals surface area (Å²) in [6, 6.07) is 2.84. The van der Waals surface area contributed by atoms with Gasteiger partial charge >= 0.3 is 0 Å². The fraction of sp³-hybridized carbons (Fsp3) is 1.00. The molecular weight excluding hydrogens is 226 g/mol. The predicted molar refractivity (Wildman–Crippen MR) is 52.0 cm³/mol. The molecule has 1 nitrogen and oxygen atoms in total. The zero-order chi connectivity index (χ0) is 8.77. The Morgan fingerprint density at radius 3 is 1.77 bits per heavy atom. The summed E-state index contributed by atoms with van der Waals surface area (Å²) in [6.07, 6.45) is 7.48. The first-order valence-corrected chi connectivity index (χ1v) is 5.51. The van der Waals surface area contributed by atoms with Gasteiger partial charge in [0.15, 0.2) is 0 Å². The molecule has 78 valence electrons. The molecule has 0 N–H and O–H groups in total. The largest absolute Gasteiger partial charge is 1.00 e. The molecule has 0 spiro atoms. The quantitative estimate of drug-likeness (QED) is 0.552. The Morgan fingerprint density at radius 1 is 1.00 bits per heavy atom. The number of nitrogens with zero attached hydrogens (tertiary/aromatic N) is 1. The zero-order valence-corrected chi connectivity index (χ0v) is 10.7. The second-order valence-electron chi connectivity index (χ2n) is 5.13. The minimum Gasteiger partial charge on any atom is -1.00 e. The summed E-state index contributed by atoms with van der Waals surface area (Å²) in [4.78, 5) is 0. The summed E-state index contributed by atoms with van der Waals surface area (Å²) in [7, 11) is 2.49. The molecule has 0 amide bonds. The molecule has 2 atom stereocenters. The maximum atomic E-state index is 2.49. The van der Waals surface area contributed by atoms with Crippen LogP contribution in [-0.2, 0) is 0 Å². The summed E-state index contributed by atoms with van der Waals surface area (Å²) in [6.45, 7) is 4.80. The van der Waals surface area contributed by atoms with Gasteiger partial charge in [-0.1, -0.05) is 0 Å². The third-order valence-corrected chi connectivity index (χ3v) is 4.59. The molecule has 0 aromatic rings. The highest BCUT2D eigenvalue weighted by Gasteiger charge is 2.49. The molecule has 2 fully saturated rings. The minimum absolute atomic E-state index is 0. The van der Waals surface area contributed by atoms with Gasteiger partial charge in [-0.15, -0.1) is 0 Å². The number of hydrogen-bond acceptors (Lipinski definition) is 0. The molecule has 2 heteroatoms. The van der Waals surface area contributed by atoms with Crippen molar-refractivity contribution in [2.75, 3.05) is 7.05 Å². The van der Waals surface area contributed by atoms with E-state index in [0.717, 1.165) is 18.1 Å². The second kappa shape index (κ2) is 3.90. The van der Waals surface area contributed by atoms with Crippen LogP contribution >= 0.6 is 0 Å². The molecule has 2 heterocycles. The van der Waals surface area contributed by atoms with Crippen LogP contribution in [-0.4, -0.2) is 29.7 Å². The van der Waals surface area contributed by atoms with E-state index >= 15 is 0 Å². The van der Waals surface area contributed by atoms with Gasteiger partial charge in [0.1, 0.15) is 0 Å². The maximum absolute atomic E-state index is 2.49. The van der Waals surface area contributed by atoms with Crippen molar-refractivity contribution in [3.63, 3.8) is 0 Å². The number of rotatable bonds is 1. The number of hydrogen-bond donors (Lipinski definition) is 0. The van der Waals surface area contributed by atoms with Crippen LogP contribution in [0.3, 0.4) is 0 Å². The highest BCUT2D eigenvalue weighted by molar-refractivity contribution is 4.82. The van der Waals surface area contributed by atoms with Gasteiger partial charge in [-0.05, 0) is 33.1 Å². The first kappa shape index (κ1) is 11.5. The molecule has 2 saturated heterocycles. The number of halogens is 1. The van der Waals surface area contributed by atoms with Crippen molar-refractivity contribution in [1.82, 2.24) is 0 Å². The highest BCUT2D eigenvalue weighted by atomic mass is 79.9. The first-order valence-electron chi connectivity index (χ1n) is 5.51. The van der Waals surface area contributed by atoms with E-state index in [-0.39, 0.29) is 17.0 Å². The van der Waals surface area contributed by atoms with Crippen LogP contribution in [0.2, 0.25) is 0 Å². The van der Waals surface area contributed by atoms with Crippen LogP contribution in [0, 0.1) is 0 Å². The number of quaternary nitrogens is 1. The topological polar surface area (TPSA) is 0 Å². The Labute approximate surface area is 92.9 Å². The van der Waals surface area contributed by atoms with E-state index in [1.54, 1.807) is 0 Å². The van der Waals surface area contributed by atoms with Crippen molar-refractivity contribution in [3.8, 4) is 0 Å². The fourth-order valence-corrected chi connectivity index (χ4v) is 3.52. The van der Waals surface area contributed by atoms with Gasteiger partial charge in [-0.25, -0.2) is 0 Å². The monoisotopic (exact) mass is 247 g/mol. The summed E-state index contributed by atoms with van der Waals surface area (Å²) >= 11 is 0. The van der Waals surface area contributed by atoms with E-state index in [1.807, 2.05) is 0 Å². The van der Waals surface area contributed by atoms with Crippen LogP contribution in [0.5, 0.6) is 0 Å². The summed E-state index contributed by atoms with van der Waals surface area (Å²) in [5.41, 5.74) is 0. The lowest BCUT2D eigenvalue weighted by Gasteiger charge is -2.48. The van der Waals surface area contributed by atoms with Crippen molar-refractivity contribution in [1.29, 1.82) is 0 Å². The van der Waals surface area contributed by atoms with Crippen molar-refractivity contribution in [3.05, 3.63) is 0 Å². The molecule has 2 rings (SSSR count). The van der Waals surface area contributed by atoms with Crippen molar-refractivity contribution in [2.24, 2.45) is 0 Å². The van der Waals surface area contributed by atoms with E-state index in [1.165, 1.54) is 36.6 Å². The van der Waals surface area contributed by atoms with Crippen molar-refractivity contribution < 1.29 is 21.5 Å². The van der Waals surface area contributed by atoms with Gasteiger partial charge in [-0.3, -0.25) is 0 Å². The Morgan fingerprint density at radius 2 is 1.46 bits per heavy atom. The first-order chi connectivity index (χ1) is 5.65. The molecule has 2 unspecified atom stereocenters. The molecule has 0 radical (unpaired) electrons. The normalized spacial score (nSPS) is 43.4. The van der Waals surface area contributed by atoms with E-state index in [9.17, 15) is 0 Å². The Hall–Kier alpha value is 0.440. The number of fused-ring (bicyclic) bond motifs is 2. The molecular formula is C11H22BrN. The van der Waals surface area contributed by atoms with Gasteiger partial charge in [0.2, 0.25) is 0 Å². The summed E-state index contributed by atoms with van der Waals surface area (Å²) in [5.74, 6) is 0. The lowest BCUT2D eigenvalue weighted by molar-refractivity contribution is -0.967. The molecule has 2 aliphatic rings. The lowest BCUT2D eigenvalue weighted by atomic mass is 9.97. The molecule has 0 aromatic carbocycles. The highest BCUT2D eigenvalue weighted by Crippen LogP contribution is 2.42. The second-order valence-corrected chi connectivity index (χ2v) is 5.13. The molecule has 13 heavy (non-hydrogen) atoms. The van der Waals surface area contributed by atoms with Crippen LogP contribution in [0.15, 0.2) is 0 Å². The van der Waals surface area contributed by atoms with Crippen LogP contribution in [0.4, 0.5) is 0 Å². The van der Waals surface area contributed by atoms with E-state index in [2.05, 4.69) is 20.9 Å². The van der Waals surface area contributed by atoms with Crippen molar-refractivity contribution >= 4 is 0 Å². The Balaban J connectivity index is 0.000000845. The smallest absolute Gasteiger partial charge is 0.0894 e. The maximum Gasteiger partial charge on any atom is 0.0894 e. The van der Waals surface area contributed by atoms with Gasteiger partial charge in [-0.2, -0.15) is 0 Å². The third kappa shape index (κ3) is 1.56. The molecule has 0 aliphatic carbocycles. The average molecular weight is 248 g/mol. The van der Waals surface area contributed by atoms with E-state index in [4.69, 9.17) is 0 Å². The third-order valence-electron chi connectivity index (χ3n) is 4.59. The Bertz CT molecular complexity index is 163. The summed E-state index contributed by atoms with van der Waals surface area (Å²) in [5, 5.41) is 0. The molecule has 0 saturated carbocycles. The number of piperidine rings is 1. The predicted octanol–water partition coefficient (Wildman–Crippen LogP) is -0.440. The average Bonchev–Trinajstić information content (AvgIpc) is 2.24. The van der Waals surface area contributed by atoms with Gasteiger partial charge in [0, 0.05) is 12.8 Å². The van der Waals surface area contributed by atoms with Gasteiger partial charge in [0.05, 0.1) is 25.2 Å². The molecule has 2 bridgehead atoms. The SMILES string of the molecule is CC(C)[N+]1(C)C2CCCC1CC2.[Br-]. The Kier molecular flexibility index (Phi) is 3.45. The summed E-state index contributed by atoms with van der Waals surface area (Å²) < 4.78 is 1.39. The van der Waals surface area contributed by atoms with Gasteiger partial charge in [0.25, 0.3) is 0 Å². The minimum atomic E-state index is 0. The van der Waals surface area contributed by atoms with Crippen molar-refractivity contribution in [2.45, 2.75) is 64.1 Å². The molecule has 2 aliphatic heterocycles.